The van der Waals surface area contributed by atoms with Crippen molar-refractivity contribution >= 4 is 52.9 Å². The molecule has 15 nitrogen and oxygen atoms in total. The van der Waals surface area contributed by atoms with Gasteiger partial charge in [-0.05, 0) is 86.3 Å². The summed E-state index contributed by atoms with van der Waals surface area (Å²) in [6, 6.07) is 5.51. The second-order valence-corrected chi connectivity index (χ2v) is 19.7. The molecule has 1 saturated heterocycles. The molecule has 2 fully saturated rings. The third-order valence-corrected chi connectivity index (χ3v) is 14.0. The van der Waals surface area contributed by atoms with E-state index >= 15 is 0 Å². The van der Waals surface area contributed by atoms with E-state index in [1.165, 1.54) is 16.2 Å². The molecule has 1 aromatic carbocycles. The Morgan fingerprint density at radius 2 is 1.85 bits per heavy atom. The number of methoxy groups -OCH3 is 1. The van der Waals surface area contributed by atoms with Crippen LogP contribution in [0.1, 0.15) is 93.4 Å². The van der Waals surface area contributed by atoms with Gasteiger partial charge in [-0.2, -0.15) is 0 Å². The van der Waals surface area contributed by atoms with Gasteiger partial charge in [-0.3, -0.25) is 14.2 Å². The Balaban J connectivity index is 1.38. The number of aromatic nitrogens is 2. The molecule has 3 N–H and O–H groups in total. The number of hydrogen-bond donors (Lipinski definition) is 3. The molecule has 3 aliphatic rings. The standard InChI is InChI=1S/C42H59N6O9PS/c1-9-54-58(52,55-10-2)42-23-27(42)16-14-12-11-13-15-17-31(46-40(51)57-41(5,6)7)38(50)48-24-29(21-35(48)37(49)47-42)56-36-22-33(34-25-59-39(45-34)43-26(3)4)44-32-20-28(53-8)18-19-30(32)36/h14,16,18-20,22,25-27,29,31,35H,9-13,15,17,21,23-24H2,1-8H3,(H,43,45)(H,46,51)(H,47,49)/t27?,29-,31+,35+,42?/m1/s1. The lowest BCUT2D eigenvalue weighted by molar-refractivity contribution is -0.140. The van der Waals surface area contributed by atoms with E-state index in [-0.39, 0.29) is 38.1 Å². The number of benzene rings is 1. The topological polar surface area (TPSA) is 180 Å². The van der Waals surface area contributed by atoms with Gasteiger partial charge in [0.25, 0.3) is 0 Å². The quantitative estimate of drug-likeness (QED) is 0.118. The van der Waals surface area contributed by atoms with Crippen LogP contribution in [0.25, 0.3) is 22.3 Å². The van der Waals surface area contributed by atoms with Gasteiger partial charge in [0, 0.05) is 41.3 Å². The third kappa shape index (κ3) is 10.4. The molecule has 322 valence electrons. The molecule has 3 amide bonds. The Labute approximate surface area is 350 Å². The van der Waals surface area contributed by atoms with E-state index in [0.29, 0.717) is 53.1 Å². The minimum Gasteiger partial charge on any atom is -0.497 e. The summed E-state index contributed by atoms with van der Waals surface area (Å²) in [5.74, 6) is -0.135. The van der Waals surface area contributed by atoms with Crippen molar-refractivity contribution in [2.45, 2.75) is 129 Å². The fourth-order valence-electron chi connectivity index (χ4n) is 7.68. The van der Waals surface area contributed by atoms with Gasteiger partial charge < -0.3 is 44.1 Å². The van der Waals surface area contributed by atoms with Crippen LogP contribution in [0.3, 0.4) is 0 Å². The van der Waals surface area contributed by atoms with Crippen LogP contribution in [-0.2, 0) is 27.9 Å². The molecule has 2 aromatic heterocycles. The van der Waals surface area contributed by atoms with Gasteiger partial charge in [0.15, 0.2) is 5.13 Å². The van der Waals surface area contributed by atoms with Crippen molar-refractivity contribution in [1.82, 2.24) is 25.5 Å². The first-order chi connectivity index (χ1) is 28.1. The Morgan fingerprint density at radius 1 is 1.08 bits per heavy atom. The van der Waals surface area contributed by atoms with E-state index in [2.05, 4.69) is 16.0 Å². The third-order valence-electron chi connectivity index (χ3n) is 10.4. The Kier molecular flexibility index (Phi) is 14.0. The molecule has 17 heteroatoms. The largest absolute Gasteiger partial charge is 0.497 e. The summed E-state index contributed by atoms with van der Waals surface area (Å²) >= 11 is 1.47. The van der Waals surface area contributed by atoms with Crippen molar-refractivity contribution in [3.05, 3.63) is 41.8 Å². The molecule has 1 aliphatic carbocycles. The minimum absolute atomic E-state index is 0.0305. The molecule has 0 radical (unpaired) electrons. The van der Waals surface area contributed by atoms with Crippen molar-refractivity contribution in [3.63, 3.8) is 0 Å². The van der Waals surface area contributed by atoms with Crippen LogP contribution < -0.4 is 25.4 Å². The van der Waals surface area contributed by atoms with Crippen molar-refractivity contribution in [2.24, 2.45) is 5.92 Å². The van der Waals surface area contributed by atoms with Gasteiger partial charge in [-0.1, -0.05) is 25.0 Å². The molecule has 6 rings (SSSR count). The number of rotatable bonds is 12. The SMILES string of the molecule is CCOP(=O)(OCC)C12CC1C=CCCCCC[C@H](NC(=O)OC(C)(C)C)C(=O)N1C[C@H](Oc3cc(-c4csc(NC(C)C)n4)nc4cc(OC)ccc34)C[C@H]1C(=O)N2. The summed E-state index contributed by atoms with van der Waals surface area (Å²) in [7, 11) is -2.28. The first-order valence-electron chi connectivity index (χ1n) is 20.6. The summed E-state index contributed by atoms with van der Waals surface area (Å²) < 4.78 is 44.1. The molecule has 3 aromatic rings. The minimum atomic E-state index is -3.87. The number of pyridine rings is 1. The lowest BCUT2D eigenvalue weighted by Crippen LogP contribution is -2.55. The monoisotopic (exact) mass is 854 g/mol. The fraction of sp³-hybridized carbons (Fsp3) is 0.595. The second-order valence-electron chi connectivity index (χ2n) is 16.5. The van der Waals surface area contributed by atoms with Gasteiger partial charge in [-0.15, -0.1) is 11.3 Å². The highest BCUT2D eigenvalue weighted by Gasteiger charge is 2.68. The van der Waals surface area contributed by atoms with Gasteiger partial charge in [0.2, 0.25) is 11.8 Å². The van der Waals surface area contributed by atoms with Gasteiger partial charge in [-0.25, -0.2) is 14.8 Å². The number of nitrogens with zero attached hydrogens (tertiary/aromatic N) is 3. The number of anilines is 1. The number of carbonyl (C=O) groups is 3. The van der Waals surface area contributed by atoms with Crippen LogP contribution in [0.5, 0.6) is 11.5 Å². The van der Waals surface area contributed by atoms with Gasteiger partial charge in [0.1, 0.15) is 46.3 Å². The van der Waals surface area contributed by atoms with E-state index < -0.39 is 54.6 Å². The van der Waals surface area contributed by atoms with E-state index in [4.69, 9.17) is 33.2 Å². The molecule has 0 spiro atoms. The normalized spacial score (nSPS) is 24.1. The summed E-state index contributed by atoms with van der Waals surface area (Å²) in [4.78, 5) is 53.8. The summed E-state index contributed by atoms with van der Waals surface area (Å²) in [5.41, 5.74) is 1.06. The molecule has 4 heterocycles. The van der Waals surface area contributed by atoms with Gasteiger partial charge in [0.05, 0.1) is 38.1 Å². The highest BCUT2D eigenvalue weighted by atomic mass is 32.1. The summed E-state index contributed by atoms with van der Waals surface area (Å²) in [6.45, 7) is 13.1. The zero-order chi connectivity index (χ0) is 42.5. The van der Waals surface area contributed by atoms with Crippen molar-refractivity contribution < 1.29 is 42.2 Å². The van der Waals surface area contributed by atoms with E-state index in [0.717, 1.165) is 24.4 Å². The highest BCUT2D eigenvalue weighted by Crippen LogP contribution is 2.73. The first-order valence-corrected chi connectivity index (χ1v) is 23.1. The number of carbonyl (C=O) groups excluding carboxylic acids is 3. The molecule has 59 heavy (non-hydrogen) atoms. The highest BCUT2D eigenvalue weighted by molar-refractivity contribution is 7.56. The summed E-state index contributed by atoms with van der Waals surface area (Å²) in [5, 5.41) is 11.3. The molecule has 5 atom stereocenters. The smallest absolute Gasteiger partial charge is 0.408 e. The van der Waals surface area contributed by atoms with Crippen molar-refractivity contribution in [1.29, 1.82) is 0 Å². The maximum absolute atomic E-state index is 14.8. The molecule has 1 saturated carbocycles. The molecule has 0 bridgehead atoms. The number of thiazole rings is 1. The number of hydrogen-bond acceptors (Lipinski definition) is 13. The fourth-order valence-corrected chi connectivity index (χ4v) is 10.9. The Hall–Kier alpha value is -4.24. The molecular weight excluding hydrogens is 796 g/mol. The van der Waals surface area contributed by atoms with E-state index in [1.807, 2.05) is 55.6 Å². The van der Waals surface area contributed by atoms with Crippen LogP contribution in [0.2, 0.25) is 0 Å². The van der Waals surface area contributed by atoms with Gasteiger partial charge >= 0.3 is 13.7 Å². The van der Waals surface area contributed by atoms with Crippen LogP contribution >= 0.6 is 18.9 Å². The zero-order valence-corrected chi connectivity index (χ0v) is 37.1. The van der Waals surface area contributed by atoms with Crippen LogP contribution in [0.4, 0.5) is 9.93 Å². The molecule has 2 unspecified atom stereocenters. The molecule has 2 aliphatic heterocycles. The van der Waals surface area contributed by atoms with Crippen LogP contribution in [-0.4, -0.2) is 94.8 Å². The van der Waals surface area contributed by atoms with Crippen molar-refractivity contribution in [2.75, 3.05) is 32.2 Å². The second kappa shape index (κ2) is 18.6. The predicted octanol–water partition coefficient (Wildman–Crippen LogP) is 8.05. The predicted molar refractivity (Wildman–Crippen MR) is 228 cm³/mol. The maximum atomic E-state index is 14.8. The maximum Gasteiger partial charge on any atom is 0.408 e. The lowest BCUT2D eigenvalue weighted by Gasteiger charge is -2.32. The Morgan fingerprint density at radius 3 is 2.54 bits per heavy atom. The van der Waals surface area contributed by atoms with Crippen molar-refractivity contribution in [3.8, 4) is 22.9 Å². The average Bonchev–Trinajstić information content (AvgIpc) is 3.44. The number of alkyl carbamates (subject to hydrolysis) is 1. The van der Waals surface area contributed by atoms with E-state index in [9.17, 15) is 18.9 Å². The van der Waals surface area contributed by atoms with Crippen LogP contribution in [0, 0.1) is 5.92 Å². The van der Waals surface area contributed by atoms with Crippen LogP contribution in [0.15, 0.2) is 41.8 Å². The average molecular weight is 855 g/mol. The number of allylic oxidation sites excluding steroid dienone is 1. The molecular formula is C42H59N6O9PS. The lowest BCUT2D eigenvalue weighted by atomic mass is 10.0. The zero-order valence-electron chi connectivity index (χ0n) is 35.4. The first kappa shape index (κ1) is 44.3. The summed E-state index contributed by atoms with van der Waals surface area (Å²) in [6.07, 6.45) is 6.52. The number of nitrogens with one attached hydrogen (secondary N) is 3. The Bertz CT molecular complexity index is 2060. The number of fused-ring (bicyclic) bond motifs is 3. The van der Waals surface area contributed by atoms with E-state index in [1.54, 1.807) is 41.7 Å². The number of ether oxygens (including phenoxy) is 3. The number of amides is 3.